The van der Waals surface area contributed by atoms with E-state index in [0.29, 0.717) is 19.5 Å². The standard InChI is InChI=1S/C13H22ClNO3/c1-9-8-15(12(17)18-13(2,3)4)6-5-10(9)11(16)7-14/h9-10H,5-8H2,1-4H3. The molecule has 1 fully saturated rings. The Morgan fingerprint density at radius 2 is 2.00 bits per heavy atom. The lowest BCUT2D eigenvalue weighted by Gasteiger charge is -2.36. The highest BCUT2D eigenvalue weighted by molar-refractivity contribution is 6.27. The highest BCUT2D eigenvalue weighted by atomic mass is 35.5. The van der Waals surface area contributed by atoms with Crippen molar-refractivity contribution in [3.8, 4) is 0 Å². The van der Waals surface area contributed by atoms with E-state index >= 15 is 0 Å². The molecule has 0 radical (unpaired) electrons. The molecule has 1 aliphatic rings. The van der Waals surface area contributed by atoms with Crippen LogP contribution in [-0.4, -0.2) is 41.3 Å². The Morgan fingerprint density at radius 1 is 1.39 bits per heavy atom. The number of amides is 1. The lowest BCUT2D eigenvalue weighted by Crippen LogP contribution is -2.47. The van der Waals surface area contributed by atoms with Crippen LogP contribution in [0.2, 0.25) is 0 Å². The summed E-state index contributed by atoms with van der Waals surface area (Å²) in [6.07, 6.45) is 0.373. The van der Waals surface area contributed by atoms with E-state index in [4.69, 9.17) is 16.3 Å². The quantitative estimate of drug-likeness (QED) is 0.728. The van der Waals surface area contributed by atoms with Crippen LogP contribution < -0.4 is 0 Å². The maximum Gasteiger partial charge on any atom is 0.410 e. The summed E-state index contributed by atoms with van der Waals surface area (Å²) >= 11 is 5.58. The maximum absolute atomic E-state index is 11.9. The summed E-state index contributed by atoms with van der Waals surface area (Å²) in [5.41, 5.74) is -0.483. The van der Waals surface area contributed by atoms with Gasteiger partial charge in [0.25, 0.3) is 0 Å². The molecule has 1 rings (SSSR count). The van der Waals surface area contributed by atoms with Gasteiger partial charge >= 0.3 is 6.09 Å². The van der Waals surface area contributed by atoms with Crippen molar-refractivity contribution in [1.82, 2.24) is 4.90 Å². The number of carbonyl (C=O) groups excluding carboxylic acids is 2. The molecule has 1 amide bonds. The number of hydrogen-bond acceptors (Lipinski definition) is 3. The number of hydrogen-bond donors (Lipinski definition) is 0. The Kier molecular flexibility index (Phi) is 5.02. The van der Waals surface area contributed by atoms with Gasteiger partial charge in [-0.3, -0.25) is 4.79 Å². The van der Waals surface area contributed by atoms with Crippen molar-refractivity contribution in [2.24, 2.45) is 11.8 Å². The number of ketones is 1. The monoisotopic (exact) mass is 275 g/mol. The van der Waals surface area contributed by atoms with Crippen LogP contribution >= 0.6 is 11.6 Å². The molecule has 104 valence electrons. The zero-order valence-corrected chi connectivity index (χ0v) is 12.3. The SMILES string of the molecule is CC1CN(C(=O)OC(C)(C)C)CCC1C(=O)CCl. The number of ether oxygens (including phenoxy) is 1. The molecule has 2 unspecified atom stereocenters. The lowest BCUT2D eigenvalue weighted by atomic mass is 9.84. The Bertz CT molecular complexity index is 325. The number of nitrogens with zero attached hydrogens (tertiary/aromatic N) is 1. The first kappa shape index (κ1) is 15.3. The summed E-state index contributed by atoms with van der Waals surface area (Å²) in [5, 5.41) is 0. The minimum absolute atomic E-state index is 0.0267. The van der Waals surface area contributed by atoms with Crippen LogP contribution in [0.5, 0.6) is 0 Å². The summed E-state index contributed by atoms with van der Waals surface area (Å²) in [6, 6.07) is 0. The zero-order chi connectivity index (χ0) is 13.9. The third-order valence-electron chi connectivity index (χ3n) is 3.10. The molecule has 18 heavy (non-hydrogen) atoms. The van der Waals surface area contributed by atoms with E-state index in [2.05, 4.69) is 0 Å². The fourth-order valence-corrected chi connectivity index (χ4v) is 2.41. The molecule has 2 atom stereocenters. The van der Waals surface area contributed by atoms with Crippen LogP contribution in [0.1, 0.15) is 34.1 Å². The first-order chi connectivity index (χ1) is 8.24. The van der Waals surface area contributed by atoms with Gasteiger partial charge in [-0.1, -0.05) is 6.92 Å². The fourth-order valence-electron chi connectivity index (χ4n) is 2.22. The van der Waals surface area contributed by atoms with Crippen molar-refractivity contribution in [2.45, 2.75) is 39.7 Å². The second kappa shape index (κ2) is 5.91. The molecule has 0 N–H and O–H groups in total. The van der Waals surface area contributed by atoms with Gasteiger partial charge in [0.15, 0.2) is 5.78 Å². The summed E-state index contributed by atoms with van der Waals surface area (Å²) in [5.74, 6) is 0.244. The molecular formula is C13H22ClNO3. The van der Waals surface area contributed by atoms with Gasteiger partial charge in [-0.25, -0.2) is 4.79 Å². The first-order valence-electron chi connectivity index (χ1n) is 6.31. The fraction of sp³-hybridized carbons (Fsp3) is 0.846. The number of Topliss-reactive ketones (excluding diaryl/α,β-unsaturated/α-hetero) is 1. The van der Waals surface area contributed by atoms with Crippen molar-refractivity contribution in [3.05, 3.63) is 0 Å². The van der Waals surface area contributed by atoms with Gasteiger partial charge in [-0.2, -0.15) is 0 Å². The molecule has 4 nitrogen and oxygen atoms in total. The lowest BCUT2D eigenvalue weighted by molar-refractivity contribution is -0.123. The van der Waals surface area contributed by atoms with E-state index < -0.39 is 5.60 Å². The van der Waals surface area contributed by atoms with E-state index in [9.17, 15) is 9.59 Å². The normalized spacial score (nSPS) is 24.8. The van der Waals surface area contributed by atoms with Gasteiger partial charge in [0.2, 0.25) is 0 Å². The Balaban J connectivity index is 2.55. The number of likely N-dealkylation sites (tertiary alicyclic amines) is 1. The van der Waals surface area contributed by atoms with Crippen molar-refractivity contribution in [1.29, 1.82) is 0 Å². The number of rotatable bonds is 2. The molecular weight excluding hydrogens is 254 g/mol. The molecule has 0 aromatic carbocycles. The van der Waals surface area contributed by atoms with Gasteiger partial charge in [-0.15, -0.1) is 11.6 Å². The number of piperidine rings is 1. The van der Waals surface area contributed by atoms with Gasteiger partial charge in [-0.05, 0) is 33.1 Å². The summed E-state index contributed by atoms with van der Waals surface area (Å²) in [7, 11) is 0. The van der Waals surface area contributed by atoms with Crippen molar-refractivity contribution >= 4 is 23.5 Å². The number of carbonyl (C=O) groups is 2. The minimum Gasteiger partial charge on any atom is -0.444 e. The molecule has 0 aromatic heterocycles. The maximum atomic E-state index is 11.9. The molecule has 0 spiro atoms. The number of alkyl halides is 1. The molecule has 5 heteroatoms. The van der Waals surface area contributed by atoms with E-state index in [1.54, 1.807) is 4.90 Å². The highest BCUT2D eigenvalue weighted by Crippen LogP contribution is 2.25. The van der Waals surface area contributed by atoms with Gasteiger partial charge in [0.1, 0.15) is 5.60 Å². The molecule has 1 saturated heterocycles. The molecule has 0 bridgehead atoms. The topological polar surface area (TPSA) is 46.6 Å². The van der Waals surface area contributed by atoms with Crippen LogP contribution in [0.4, 0.5) is 4.79 Å². The van der Waals surface area contributed by atoms with E-state index in [1.165, 1.54) is 0 Å². The van der Waals surface area contributed by atoms with Crippen LogP contribution in [0.3, 0.4) is 0 Å². The Hall–Kier alpha value is -0.770. The summed E-state index contributed by atoms with van der Waals surface area (Å²) < 4.78 is 5.32. The van der Waals surface area contributed by atoms with Gasteiger partial charge < -0.3 is 9.64 Å². The molecule has 0 saturated carbocycles. The van der Waals surface area contributed by atoms with E-state index in [1.807, 2.05) is 27.7 Å². The average Bonchev–Trinajstić information content (AvgIpc) is 2.25. The molecule has 0 aliphatic carbocycles. The van der Waals surface area contributed by atoms with Crippen LogP contribution in [0.15, 0.2) is 0 Å². The Labute approximate surface area is 114 Å². The second-order valence-corrected chi connectivity index (χ2v) is 6.17. The van der Waals surface area contributed by atoms with Crippen molar-refractivity contribution < 1.29 is 14.3 Å². The van der Waals surface area contributed by atoms with Crippen LogP contribution in [-0.2, 0) is 9.53 Å². The third kappa shape index (κ3) is 4.16. The minimum atomic E-state index is -0.483. The van der Waals surface area contributed by atoms with E-state index in [-0.39, 0.29) is 29.6 Å². The van der Waals surface area contributed by atoms with E-state index in [0.717, 1.165) is 0 Å². The van der Waals surface area contributed by atoms with Crippen molar-refractivity contribution in [2.75, 3.05) is 19.0 Å². The van der Waals surface area contributed by atoms with Crippen molar-refractivity contribution in [3.63, 3.8) is 0 Å². The van der Waals surface area contributed by atoms with Gasteiger partial charge in [0, 0.05) is 19.0 Å². The van der Waals surface area contributed by atoms with Crippen LogP contribution in [0.25, 0.3) is 0 Å². The summed E-state index contributed by atoms with van der Waals surface area (Å²) in [4.78, 5) is 25.2. The van der Waals surface area contributed by atoms with Crippen LogP contribution in [0, 0.1) is 11.8 Å². The molecule has 1 aliphatic heterocycles. The summed E-state index contributed by atoms with van der Waals surface area (Å²) in [6.45, 7) is 8.63. The predicted molar refractivity (Wildman–Crippen MR) is 70.8 cm³/mol. The smallest absolute Gasteiger partial charge is 0.410 e. The highest BCUT2D eigenvalue weighted by Gasteiger charge is 2.34. The first-order valence-corrected chi connectivity index (χ1v) is 6.84. The van der Waals surface area contributed by atoms with Gasteiger partial charge in [0.05, 0.1) is 5.88 Å². The second-order valence-electron chi connectivity index (χ2n) is 5.90. The number of halogens is 1. The third-order valence-corrected chi connectivity index (χ3v) is 3.37. The Morgan fingerprint density at radius 3 is 2.44 bits per heavy atom. The molecule has 1 heterocycles. The zero-order valence-electron chi connectivity index (χ0n) is 11.5. The largest absolute Gasteiger partial charge is 0.444 e. The average molecular weight is 276 g/mol. The molecule has 0 aromatic rings. The predicted octanol–water partition coefficient (Wildman–Crippen LogP) is 2.69.